The molecule has 0 bridgehead atoms. The van der Waals surface area contributed by atoms with Crippen molar-refractivity contribution in [2.45, 2.75) is 37.4 Å². The summed E-state index contributed by atoms with van der Waals surface area (Å²) in [7, 11) is 0. The minimum atomic E-state index is 0.294. The van der Waals surface area contributed by atoms with E-state index >= 15 is 0 Å². The predicted octanol–water partition coefficient (Wildman–Crippen LogP) is 3.98. The fourth-order valence-electron chi connectivity index (χ4n) is 2.57. The molecule has 0 aromatic heterocycles. The number of hydrogen-bond acceptors (Lipinski definition) is 2. The Morgan fingerprint density at radius 3 is 2.56 bits per heavy atom. The summed E-state index contributed by atoms with van der Waals surface area (Å²) in [6, 6.07) is 10.5. The standard InChI is InChI=1S/C15H22N2S/c16-15(17)10-14(13-8-2-1-3-9-13)18-11-12-6-4-5-7-12/h1-3,8-9,12,14H,4-7,10-11H2,(H3,16,17). The fraction of sp³-hybridized carbons (Fsp3) is 0.533. The van der Waals surface area contributed by atoms with Gasteiger partial charge in [-0.25, -0.2) is 0 Å². The molecule has 3 N–H and O–H groups in total. The molecule has 1 aromatic rings. The third-order valence-electron chi connectivity index (χ3n) is 3.58. The Morgan fingerprint density at radius 1 is 1.28 bits per heavy atom. The van der Waals surface area contributed by atoms with Crippen LogP contribution in [0.4, 0.5) is 0 Å². The van der Waals surface area contributed by atoms with E-state index in [-0.39, 0.29) is 0 Å². The number of benzene rings is 1. The third kappa shape index (κ3) is 4.05. The lowest BCUT2D eigenvalue weighted by Gasteiger charge is -2.18. The molecule has 18 heavy (non-hydrogen) atoms. The van der Waals surface area contributed by atoms with Crippen LogP contribution in [0.5, 0.6) is 0 Å². The van der Waals surface area contributed by atoms with Gasteiger partial charge in [-0.3, -0.25) is 5.41 Å². The molecule has 0 aliphatic heterocycles. The first-order valence-electron chi connectivity index (χ1n) is 6.75. The van der Waals surface area contributed by atoms with Crippen LogP contribution in [0.15, 0.2) is 30.3 Å². The van der Waals surface area contributed by atoms with E-state index in [0.717, 1.165) is 5.92 Å². The van der Waals surface area contributed by atoms with Crippen molar-refractivity contribution in [3.8, 4) is 0 Å². The lowest BCUT2D eigenvalue weighted by Crippen LogP contribution is -2.14. The Bertz CT molecular complexity index is 371. The molecule has 1 unspecified atom stereocenters. The van der Waals surface area contributed by atoms with E-state index in [1.54, 1.807) is 0 Å². The van der Waals surface area contributed by atoms with Crippen LogP contribution in [0.1, 0.15) is 42.9 Å². The monoisotopic (exact) mass is 262 g/mol. The van der Waals surface area contributed by atoms with Crippen molar-refractivity contribution in [3.63, 3.8) is 0 Å². The average Bonchev–Trinajstić information content (AvgIpc) is 2.88. The molecule has 2 nitrogen and oxygen atoms in total. The molecule has 0 heterocycles. The van der Waals surface area contributed by atoms with E-state index in [0.29, 0.717) is 17.5 Å². The van der Waals surface area contributed by atoms with Gasteiger partial charge in [0, 0.05) is 11.7 Å². The molecule has 98 valence electrons. The topological polar surface area (TPSA) is 49.9 Å². The van der Waals surface area contributed by atoms with Gasteiger partial charge >= 0.3 is 0 Å². The van der Waals surface area contributed by atoms with E-state index < -0.39 is 0 Å². The molecule has 0 spiro atoms. The van der Waals surface area contributed by atoms with Crippen molar-refractivity contribution in [3.05, 3.63) is 35.9 Å². The van der Waals surface area contributed by atoms with Gasteiger partial charge in [-0.1, -0.05) is 43.2 Å². The van der Waals surface area contributed by atoms with Gasteiger partial charge in [0.15, 0.2) is 0 Å². The highest BCUT2D eigenvalue weighted by atomic mass is 32.2. The van der Waals surface area contributed by atoms with Gasteiger partial charge in [0.05, 0.1) is 5.84 Å². The molecule has 1 saturated carbocycles. The first-order valence-corrected chi connectivity index (χ1v) is 7.80. The van der Waals surface area contributed by atoms with Crippen LogP contribution in [0, 0.1) is 11.3 Å². The molecule has 1 fully saturated rings. The SMILES string of the molecule is N=C(N)CC(SCC1CCCC1)c1ccccc1. The summed E-state index contributed by atoms with van der Waals surface area (Å²) in [5, 5.41) is 7.88. The van der Waals surface area contributed by atoms with Crippen LogP contribution < -0.4 is 5.73 Å². The minimum absolute atomic E-state index is 0.294. The summed E-state index contributed by atoms with van der Waals surface area (Å²) < 4.78 is 0. The van der Waals surface area contributed by atoms with E-state index in [2.05, 4.69) is 24.3 Å². The van der Waals surface area contributed by atoms with Gasteiger partial charge in [0.2, 0.25) is 0 Å². The zero-order valence-corrected chi connectivity index (χ0v) is 11.6. The van der Waals surface area contributed by atoms with Gasteiger partial charge in [-0.15, -0.1) is 0 Å². The molecule has 0 saturated heterocycles. The van der Waals surface area contributed by atoms with Crippen LogP contribution in [0.2, 0.25) is 0 Å². The molecule has 0 amide bonds. The number of nitrogens with one attached hydrogen (secondary N) is 1. The summed E-state index contributed by atoms with van der Waals surface area (Å²) in [6.45, 7) is 0. The lowest BCUT2D eigenvalue weighted by molar-refractivity contribution is 0.622. The molecule has 3 heteroatoms. The number of thioether (sulfide) groups is 1. The first-order chi connectivity index (χ1) is 8.75. The first kappa shape index (κ1) is 13.5. The van der Waals surface area contributed by atoms with Gasteiger partial charge < -0.3 is 5.73 Å². The van der Waals surface area contributed by atoms with Crippen molar-refractivity contribution in [1.29, 1.82) is 5.41 Å². The van der Waals surface area contributed by atoms with Gasteiger partial charge in [0.25, 0.3) is 0 Å². The quantitative estimate of drug-likeness (QED) is 0.602. The van der Waals surface area contributed by atoms with Crippen LogP contribution in [-0.2, 0) is 0 Å². The van der Waals surface area contributed by atoms with E-state index in [9.17, 15) is 0 Å². The summed E-state index contributed by atoms with van der Waals surface area (Å²) in [6.07, 6.45) is 6.23. The molecule has 1 atom stereocenters. The molecule has 2 rings (SSSR count). The average molecular weight is 262 g/mol. The summed E-state index contributed by atoms with van der Waals surface area (Å²) in [5.41, 5.74) is 6.89. The number of hydrogen-bond donors (Lipinski definition) is 2. The summed E-state index contributed by atoms with van der Waals surface area (Å²) in [4.78, 5) is 0. The van der Waals surface area contributed by atoms with Gasteiger partial charge in [0.1, 0.15) is 0 Å². The Labute approximate surface area is 114 Å². The molecule has 1 aromatic carbocycles. The van der Waals surface area contributed by atoms with E-state index in [1.165, 1.54) is 37.0 Å². The second-order valence-electron chi connectivity index (χ2n) is 5.11. The minimum Gasteiger partial charge on any atom is -0.388 e. The normalized spacial score (nSPS) is 17.8. The summed E-state index contributed by atoms with van der Waals surface area (Å²) >= 11 is 1.98. The largest absolute Gasteiger partial charge is 0.388 e. The zero-order valence-electron chi connectivity index (χ0n) is 10.8. The smallest absolute Gasteiger partial charge is 0.0919 e. The molecular formula is C15H22N2S. The maximum Gasteiger partial charge on any atom is 0.0919 e. The fourth-order valence-corrected chi connectivity index (χ4v) is 4.05. The second-order valence-corrected chi connectivity index (χ2v) is 6.35. The van der Waals surface area contributed by atoms with Crippen LogP contribution in [0.25, 0.3) is 0 Å². The van der Waals surface area contributed by atoms with E-state index in [4.69, 9.17) is 11.1 Å². The van der Waals surface area contributed by atoms with Crippen molar-refractivity contribution in [1.82, 2.24) is 0 Å². The Morgan fingerprint density at radius 2 is 1.94 bits per heavy atom. The second kappa shape index (κ2) is 6.83. The maximum absolute atomic E-state index is 7.53. The highest BCUT2D eigenvalue weighted by Gasteiger charge is 2.19. The van der Waals surface area contributed by atoms with Crippen molar-refractivity contribution >= 4 is 17.6 Å². The number of amidine groups is 1. The van der Waals surface area contributed by atoms with Crippen molar-refractivity contribution in [2.75, 3.05) is 5.75 Å². The predicted molar refractivity (Wildman–Crippen MR) is 80.1 cm³/mol. The zero-order chi connectivity index (χ0) is 12.8. The highest BCUT2D eigenvalue weighted by Crippen LogP contribution is 2.36. The number of nitrogens with two attached hydrogens (primary N) is 1. The van der Waals surface area contributed by atoms with Crippen molar-refractivity contribution in [2.24, 2.45) is 11.7 Å². The highest BCUT2D eigenvalue weighted by molar-refractivity contribution is 7.99. The molecule has 1 aliphatic rings. The molecule has 0 radical (unpaired) electrons. The molecule has 1 aliphatic carbocycles. The third-order valence-corrected chi connectivity index (χ3v) is 5.09. The van der Waals surface area contributed by atoms with Gasteiger partial charge in [-0.2, -0.15) is 11.8 Å². The van der Waals surface area contributed by atoms with E-state index in [1.807, 2.05) is 17.8 Å². The van der Waals surface area contributed by atoms with Gasteiger partial charge in [-0.05, 0) is 30.1 Å². The maximum atomic E-state index is 7.53. The van der Waals surface area contributed by atoms with Crippen LogP contribution in [0.3, 0.4) is 0 Å². The Hall–Kier alpha value is -0.960. The lowest BCUT2D eigenvalue weighted by atomic mass is 10.1. The summed E-state index contributed by atoms with van der Waals surface area (Å²) in [5.74, 6) is 2.39. The van der Waals surface area contributed by atoms with Crippen LogP contribution >= 0.6 is 11.8 Å². The Balaban J connectivity index is 1.94. The number of rotatable bonds is 6. The van der Waals surface area contributed by atoms with Crippen molar-refractivity contribution < 1.29 is 0 Å². The molecular weight excluding hydrogens is 240 g/mol. The Kier molecular flexibility index (Phi) is 5.12. The van der Waals surface area contributed by atoms with Crippen LogP contribution in [-0.4, -0.2) is 11.6 Å².